The SMILES string of the molecule is CC(C)C.Cc1nc(N)nc2[nH]ccc12. The second-order valence-corrected chi connectivity index (χ2v) is 4.14. The lowest BCUT2D eigenvalue weighted by Crippen LogP contribution is -1.96. The average Bonchev–Trinajstić information content (AvgIpc) is 2.50. The van der Waals surface area contributed by atoms with Crippen LogP contribution in [0.2, 0.25) is 0 Å². The van der Waals surface area contributed by atoms with Crippen LogP contribution in [-0.2, 0) is 0 Å². The van der Waals surface area contributed by atoms with Crippen molar-refractivity contribution in [3.05, 3.63) is 18.0 Å². The molecular formula is C11H18N4. The average molecular weight is 206 g/mol. The van der Waals surface area contributed by atoms with Gasteiger partial charge >= 0.3 is 0 Å². The highest BCUT2D eigenvalue weighted by Gasteiger charge is 2.00. The second kappa shape index (κ2) is 4.77. The smallest absolute Gasteiger partial charge is 0.222 e. The number of nitrogens with two attached hydrogens (primary N) is 1. The summed E-state index contributed by atoms with van der Waals surface area (Å²) in [5.74, 6) is 1.15. The standard InChI is InChI=1S/C7H8N4.C4H10/c1-4-5-2-3-9-6(5)11-7(8)10-4;1-4(2)3/h2-3H,1H3,(H3,8,9,10,11);4H,1-3H3. The molecule has 2 heterocycles. The maximum absolute atomic E-state index is 5.44. The van der Waals surface area contributed by atoms with E-state index in [1.165, 1.54) is 0 Å². The minimum atomic E-state index is 0.317. The third kappa shape index (κ3) is 3.23. The molecule has 0 radical (unpaired) electrons. The Labute approximate surface area is 89.9 Å². The molecule has 0 amide bonds. The van der Waals surface area contributed by atoms with Crippen molar-refractivity contribution >= 4 is 17.0 Å². The number of H-pyrrole nitrogens is 1. The summed E-state index contributed by atoms with van der Waals surface area (Å²) in [7, 11) is 0. The molecule has 4 nitrogen and oxygen atoms in total. The van der Waals surface area contributed by atoms with E-state index in [0.717, 1.165) is 22.6 Å². The van der Waals surface area contributed by atoms with Crippen LogP contribution >= 0.6 is 0 Å². The molecule has 2 aromatic heterocycles. The summed E-state index contributed by atoms with van der Waals surface area (Å²) in [6, 6.07) is 1.93. The molecule has 0 aliphatic heterocycles. The number of anilines is 1. The number of nitrogen functional groups attached to an aromatic ring is 1. The Hall–Kier alpha value is -1.58. The van der Waals surface area contributed by atoms with Crippen LogP contribution in [0.15, 0.2) is 12.3 Å². The molecule has 2 aromatic rings. The third-order valence-electron chi connectivity index (χ3n) is 1.62. The normalized spacial score (nSPS) is 10.2. The Bertz CT molecular complexity index is 428. The Balaban J connectivity index is 0.000000245. The molecular weight excluding hydrogens is 188 g/mol. The first-order chi connectivity index (χ1) is 7.00. The number of aryl methyl sites for hydroxylation is 1. The maximum atomic E-state index is 5.44. The summed E-state index contributed by atoms with van der Waals surface area (Å²) >= 11 is 0. The minimum absolute atomic E-state index is 0.317. The van der Waals surface area contributed by atoms with E-state index in [-0.39, 0.29) is 0 Å². The van der Waals surface area contributed by atoms with Gasteiger partial charge in [0.05, 0.1) is 5.69 Å². The first kappa shape index (κ1) is 11.5. The lowest BCUT2D eigenvalue weighted by molar-refractivity contribution is 0.737. The van der Waals surface area contributed by atoms with Crippen molar-refractivity contribution < 1.29 is 0 Å². The number of rotatable bonds is 0. The molecule has 82 valence electrons. The van der Waals surface area contributed by atoms with E-state index >= 15 is 0 Å². The van der Waals surface area contributed by atoms with Gasteiger partial charge in [0.15, 0.2) is 0 Å². The monoisotopic (exact) mass is 206 g/mol. The maximum Gasteiger partial charge on any atom is 0.222 e. The van der Waals surface area contributed by atoms with Crippen molar-refractivity contribution in [2.75, 3.05) is 5.73 Å². The molecule has 0 atom stereocenters. The molecule has 3 N–H and O–H groups in total. The number of aromatic amines is 1. The van der Waals surface area contributed by atoms with Crippen molar-refractivity contribution in [3.63, 3.8) is 0 Å². The molecule has 0 saturated heterocycles. The first-order valence-electron chi connectivity index (χ1n) is 5.08. The van der Waals surface area contributed by atoms with E-state index in [4.69, 9.17) is 5.73 Å². The zero-order valence-corrected chi connectivity index (χ0v) is 9.70. The third-order valence-corrected chi connectivity index (χ3v) is 1.62. The van der Waals surface area contributed by atoms with Crippen LogP contribution in [0.25, 0.3) is 11.0 Å². The van der Waals surface area contributed by atoms with Gasteiger partial charge in [0.25, 0.3) is 0 Å². The number of hydrogen-bond acceptors (Lipinski definition) is 3. The van der Waals surface area contributed by atoms with Crippen LogP contribution in [0.3, 0.4) is 0 Å². The van der Waals surface area contributed by atoms with Crippen molar-refractivity contribution in [1.82, 2.24) is 15.0 Å². The summed E-state index contributed by atoms with van der Waals surface area (Å²) in [6.45, 7) is 8.41. The fourth-order valence-corrected chi connectivity index (χ4v) is 1.12. The van der Waals surface area contributed by atoms with Crippen molar-refractivity contribution in [1.29, 1.82) is 0 Å². The van der Waals surface area contributed by atoms with Gasteiger partial charge in [-0.2, -0.15) is 4.98 Å². The number of nitrogens with zero attached hydrogens (tertiary/aromatic N) is 2. The van der Waals surface area contributed by atoms with Gasteiger partial charge in [0, 0.05) is 11.6 Å². The number of fused-ring (bicyclic) bond motifs is 1. The van der Waals surface area contributed by atoms with Crippen molar-refractivity contribution in [3.8, 4) is 0 Å². The van der Waals surface area contributed by atoms with E-state index in [2.05, 4.69) is 35.7 Å². The molecule has 2 rings (SSSR count). The molecule has 0 fully saturated rings. The quantitative estimate of drug-likeness (QED) is 0.696. The second-order valence-electron chi connectivity index (χ2n) is 4.14. The molecule has 0 aliphatic carbocycles. The molecule has 0 aliphatic rings. The Morgan fingerprint density at radius 2 is 1.87 bits per heavy atom. The first-order valence-corrected chi connectivity index (χ1v) is 5.08. The van der Waals surface area contributed by atoms with E-state index in [1.807, 2.05) is 19.2 Å². The molecule has 15 heavy (non-hydrogen) atoms. The van der Waals surface area contributed by atoms with E-state index < -0.39 is 0 Å². The molecule has 0 spiro atoms. The molecule has 4 heteroatoms. The molecule has 0 bridgehead atoms. The topological polar surface area (TPSA) is 67.6 Å². The van der Waals surface area contributed by atoms with Gasteiger partial charge in [-0.15, -0.1) is 0 Å². The summed E-state index contributed by atoms with van der Waals surface area (Å²) in [5, 5.41) is 1.03. The molecule has 0 saturated carbocycles. The fraction of sp³-hybridized carbons (Fsp3) is 0.455. The predicted octanol–water partition coefficient (Wildman–Crippen LogP) is 2.51. The van der Waals surface area contributed by atoms with Crippen molar-refractivity contribution in [2.45, 2.75) is 27.7 Å². The Kier molecular flexibility index (Phi) is 3.66. The fourth-order valence-electron chi connectivity index (χ4n) is 1.12. The van der Waals surface area contributed by atoms with E-state index in [9.17, 15) is 0 Å². The van der Waals surface area contributed by atoms with Gasteiger partial charge < -0.3 is 10.7 Å². The van der Waals surface area contributed by atoms with Gasteiger partial charge in [0.2, 0.25) is 5.95 Å². The van der Waals surface area contributed by atoms with Crippen LogP contribution < -0.4 is 5.73 Å². The van der Waals surface area contributed by atoms with Gasteiger partial charge in [-0.1, -0.05) is 20.8 Å². The van der Waals surface area contributed by atoms with Crippen molar-refractivity contribution in [2.24, 2.45) is 5.92 Å². The van der Waals surface area contributed by atoms with Crippen LogP contribution in [0.5, 0.6) is 0 Å². The lowest BCUT2D eigenvalue weighted by atomic mass is 10.3. The molecule has 0 aromatic carbocycles. The number of aromatic nitrogens is 3. The summed E-state index contributed by atoms with van der Waals surface area (Å²) < 4.78 is 0. The Morgan fingerprint density at radius 3 is 2.47 bits per heavy atom. The molecule has 0 unspecified atom stereocenters. The van der Waals surface area contributed by atoms with Gasteiger partial charge in [-0.05, 0) is 18.9 Å². The predicted molar refractivity (Wildman–Crippen MR) is 63.6 cm³/mol. The zero-order chi connectivity index (χ0) is 11.4. The van der Waals surface area contributed by atoms with E-state index in [0.29, 0.717) is 5.95 Å². The van der Waals surface area contributed by atoms with Crippen LogP contribution in [0.4, 0.5) is 5.95 Å². The highest BCUT2D eigenvalue weighted by Crippen LogP contribution is 2.13. The summed E-state index contributed by atoms with van der Waals surface area (Å²) in [5.41, 5.74) is 7.15. The van der Waals surface area contributed by atoms with Crippen LogP contribution in [-0.4, -0.2) is 15.0 Å². The van der Waals surface area contributed by atoms with Gasteiger partial charge in [-0.3, -0.25) is 0 Å². The van der Waals surface area contributed by atoms with Gasteiger partial charge in [0.1, 0.15) is 5.65 Å². The lowest BCUT2D eigenvalue weighted by Gasteiger charge is -1.95. The van der Waals surface area contributed by atoms with Crippen LogP contribution in [0.1, 0.15) is 26.5 Å². The highest BCUT2D eigenvalue weighted by molar-refractivity contribution is 5.78. The number of hydrogen-bond donors (Lipinski definition) is 2. The van der Waals surface area contributed by atoms with Crippen LogP contribution in [0, 0.1) is 12.8 Å². The summed E-state index contributed by atoms with van der Waals surface area (Å²) in [4.78, 5) is 11.0. The van der Waals surface area contributed by atoms with E-state index in [1.54, 1.807) is 0 Å². The number of nitrogens with one attached hydrogen (secondary N) is 1. The Morgan fingerprint density at radius 1 is 1.27 bits per heavy atom. The largest absolute Gasteiger partial charge is 0.368 e. The van der Waals surface area contributed by atoms with Gasteiger partial charge in [-0.25, -0.2) is 4.98 Å². The minimum Gasteiger partial charge on any atom is -0.368 e. The highest BCUT2D eigenvalue weighted by atomic mass is 15.0. The summed E-state index contributed by atoms with van der Waals surface area (Å²) in [6.07, 6.45) is 1.83. The zero-order valence-electron chi connectivity index (χ0n) is 9.70.